The lowest BCUT2D eigenvalue weighted by Crippen LogP contribution is -2.45. The largest absolute Gasteiger partial charge is 0.351 e. The quantitative estimate of drug-likeness (QED) is 0.239. The highest BCUT2D eigenvalue weighted by atomic mass is 79.9. The molecule has 0 aliphatic heterocycles. The fraction of sp³-hybridized carbons (Fsp3) is 0.667. The summed E-state index contributed by atoms with van der Waals surface area (Å²) in [4.78, 5) is 15.1. The van der Waals surface area contributed by atoms with Crippen LogP contribution in [0.1, 0.15) is 49.2 Å². The zero-order chi connectivity index (χ0) is 21.6. The Hall–Kier alpha value is -0.510. The Kier molecular flexibility index (Phi) is 14.0. The van der Waals surface area contributed by atoms with E-state index in [4.69, 9.17) is 18.9 Å². The number of amides is 1. The molecule has 1 amide bonds. The number of ether oxygens (including phenoxy) is 4. The van der Waals surface area contributed by atoms with Crippen LogP contribution in [0.3, 0.4) is 0 Å². The van der Waals surface area contributed by atoms with Crippen molar-refractivity contribution in [3.05, 3.63) is 34.9 Å². The molecular weight excluding hydrogens is 506 g/mol. The molecule has 166 valence electrons. The molecule has 0 N–H and O–H groups in total. The van der Waals surface area contributed by atoms with Crippen molar-refractivity contribution in [2.75, 3.05) is 39.5 Å². The highest BCUT2D eigenvalue weighted by Gasteiger charge is 2.25. The number of halogens is 2. The van der Waals surface area contributed by atoms with Crippen molar-refractivity contribution in [2.24, 2.45) is 0 Å². The molecule has 29 heavy (non-hydrogen) atoms. The van der Waals surface area contributed by atoms with E-state index in [9.17, 15) is 4.79 Å². The molecule has 0 spiro atoms. The van der Waals surface area contributed by atoms with Gasteiger partial charge in [0.05, 0.1) is 13.1 Å². The molecule has 0 aromatic heterocycles. The Morgan fingerprint density at radius 3 is 1.48 bits per heavy atom. The van der Waals surface area contributed by atoms with Crippen molar-refractivity contribution in [3.8, 4) is 0 Å². The predicted octanol–water partition coefficient (Wildman–Crippen LogP) is 4.72. The van der Waals surface area contributed by atoms with Crippen LogP contribution in [0.15, 0.2) is 18.2 Å². The van der Waals surface area contributed by atoms with E-state index >= 15 is 0 Å². The zero-order valence-corrected chi connectivity index (χ0v) is 21.0. The van der Waals surface area contributed by atoms with Crippen LogP contribution in [-0.2, 0) is 29.6 Å². The molecule has 0 aliphatic rings. The third kappa shape index (κ3) is 9.44. The van der Waals surface area contributed by atoms with Gasteiger partial charge in [0, 0.05) is 42.7 Å². The van der Waals surface area contributed by atoms with Crippen LogP contribution in [0.25, 0.3) is 0 Å². The SMILES string of the molecule is CCOC(CN(CC(OCC)OCC)C(=O)c1cc(CBr)cc(CBr)c1)OCC. The number of carbonyl (C=O) groups excluding carboxylic acids is 1. The summed E-state index contributed by atoms with van der Waals surface area (Å²) in [7, 11) is 0. The first-order valence-corrected chi connectivity index (χ1v) is 12.3. The number of hydrogen-bond donors (Lipinski definition) is 0. The molecule has 0 heterocycles. The maximum atomic E-state index is 13.4. The monoisotopic (exact) mass is 537 g/mol. The Balaban J connectivity index is 3.17. The fourth-order valence-corrected chi connectivity index (χ4v) is 3.52. The normalized spacial score (nSPS) is 11.4. The average molecular weight is 539 g/mol. The molecule has 8 heteroatoms. The van der Waals surface area contributed by atoms with Gasteiger partial charge in [-0.2, -0.15) is 0 Å². The number of benzene rings is 1. The van der Waals surface area contributed by atoms with E-state index in [-0.39, 0.29) is 5.91 Å². The number of rotatable bonds is 15. The van der Waals surface area contributed by atoms with Gasteiger partial charge in [-0.1, -0.05) is 37.9 Å². The summed E-state index contributed by atoms with van der Waals surface area (Å²) in [5, 5.41) is 1.35. The summed E-state index contributed by atoms with van der Waals surface area (Å²) in [6.45, 7) is 10.2. The summed E-state index contributed by atoms with van der Waals surface area (Å²) in [6, 6.07) is 5.88. The molecule has 0 aliphatic carbocycles. The first-order valence-electron chi connectivity index (χ1n) is 10.0. The molecule has 0 unspecified atom stereocenters. The van der Waals surface area contributed by atoms with Gasteiger partial charge in [-0.05, 0) is 51.0 Å². The third-order valence-corrected chi connectivity index (χ3v) is 5.34. The molecule has 1 aromatic carbocycles. The molecule has 1 rings (SSSR count). The van der Waals surface area contributed by atoms with Gasteiger partial charge in [0.25, 0.3) is 5.91 Å². The van der Waals surface area contributed by atoms with E-state index in [1.807, 2.05) is 39.8 Å². The number of carbonyl (C=O) groups is 1. The minimum absolute atomic E-state index is 0.108. The Bertz CT molecular complexity index is 550. The standard InChI is InChI=1S/C21H33Br2NO5/c1-5-26-19(27-6-2)14-24(15-20(28-7-3)29-8-4)21(25)18-10-16(12-22)9-17(11-18)13-23/h9-11,19-20H,5-8,12-15H2,1-4H3. The number of hydrogen-bond acceptors (Lipinski definition) is 5. The molecular formula is C21H33Br2NO5. The second-order valence-corrected chi connectivity index (χ2v) is 7.32. The van der Waals surface area contributed by atoms with E-state index in [2.05, 4.69) is 37.9 Å². The topological polar surface area (TPSA) is 57.2 Å². The number of nitrogens with zero attached hydrogens (tertiary/aromatic N) is 1. The van der Waals surface area contributed by atoms with E-state index in [0.717, 1.165) is 11.1 Å². The lowest BCUT2D eigenvalue weighted by Gasteiger charge is -2.30. The Morgan fingerprint density at radius 2 is 1.17 bits per heavy atom. The molecule has 0 fully saturated rings. The van der Waals surface area contributed by atoms with Crippen LogP contribution in [0.2, 0.25) is 0 Å². The van der Waals surface area contributed by atoms with E-state index in [1.165, 1.54) is 0 Å². The Labute approximate surface area is 191 Å². The molecule has 1 aromatic rings. The minimum atomic E-state index is -0.507. The molecule has 0 atom stereocenters. The number of alkyl halides is 2. The van der Waals surface area contributed by atoms with Crippen LogP contribution in [-0.4, -0.2) is 62.9 Å². The van der Waals surface area contributed by atoms with Gasteiger partial charge in [-0.15, -0.1) is 0 Å². The molecule has 0 radical (unpaired) electrons. The van der Waals surface area contributed by atoms with Crippen LogP contribution in [0, 0.1) is 0 Å². The zero-order valence-electron chi connectivity index (χ0n) is 17.8. The molecule has 6 nitrogen and oxygen atoms in total. The second-order valence-electron chi connectivity index (χ2n) is 6.20. The summed E-state index contributed by atoms with van der Waals surface area (Å²) in [6.07, 6.45) is -1.01. The molecule has 0 saturated carbocycles. The summed E-state index contributed by atoms with van der Waals surface area (Å²) in [5.74, 6) is -0.108. The van der Waals surface area contributed by atoms with Crippen molar-refractivity contribution < 1.29 is 23.7 Å². The molecule has 0 bridgehead atoms. The van der Waals surface area contributed by atoms with Crippen molar-refractivity contribution >= 4 is 37.8 Å². The van der Waals surface area contributed by atoms with Crippen LogP contribution < -0.4 is 0 Å². The van der Waals surface area contributed by atoms with E-state index < -0.39 is 12.6 Å². The van der Waals surface area contributed by atoms with Crippen molar-refractivity contribution in [1.82, 2.24) is 4.90 Å². The summed E-state index contributed by atoms with van der Waals surface area (Å²) in [5.41, 5.74) is 2.71. The van der Waals surface area contributed by atoms with Gasteiger partial charge in [0.1, 0.15) is 0 Å². The summed E-state index contributed by atoms with van der Waals surface area (Å²) >= 11 is 6.97. The van der Waals surface area contributed by atoms with Gasteiger partial charge >= 0.3 is 0 Å². The van der Waals surface area contributed by atoms with Gasteiger partial charge in [-0.3, -0.25) is 4.79 Å². The lowest BCUT2D eigenvalue weighted by molar-refractivity contribution is -0.165. The minimum Gasteiger partial charge on any atom is -0.351 e. The summed E-state index contributed by atoms with van der Waals surface area (Å²) < 4.78 is 22.7. The Morgan fingerprint density at radius 1 is 0.793 bits per heavy atom. The van der Waals surface area contributed by atoms with Gasteiger partial charge in [0.15, 0.2) is 12.6 Å². The highest BCUT2D eigenvalue weighted by molar-refractivity contribution is 9.08. The molecule has 0 saturated heterocycles. The van der Waals surface area contributed by atoms with Crippen LogP contribution in [0.5, 0.6) is 0 Å². The predicted molar refractivity (Wildman–Crippen MR) is 122 cm³/mol. The lowest BCUT2D eigenvalue weighted by atomic mass is 10.1. The van der Waals surface area contributed by atoms with Crippen LogP contribution in [0.4, 0.5) is 0 Å². The first kappa shape index (κ1) is 26.5. The van der Waals surface area contributed by atoms with Gasteiger partial charge in [-0.25, -0.2) is 0 Å². The van der Waals surface area contributed by atoms with E-state index in [0.29, 0.717) is 55.7 Å². The van der Waals surface area contributed by atoms with Gasteiger partial charge in [0.2, 0.25) is 0 Å². The smallest absolute Gasteiger partial charge is 0.254 e. The second kappa shape index (κ2) is 15.3. The van der Waals surface area contributed by atoms with Crippen LogP contribution >= 0.6 is 31.9 Å². The average Bonchev–Trinajstić information content (AvgIpc) is 2.72. The first-order chi connectivity index (χ1) is 14.0. The maximum absolute atomic E-state index is 13.4. The van der Waals surface area contributed by atoms with E-state index in [1.54, 1.807) is 4.90 Å². The maximum Gasteiger partial charge on any atom is 0.254 e. The highest BCUT2D eigenvalue weighted by Crippen LogP contribution is 2.18. The van der Waals surface area contributed by atoms with Crippen molar-refractivity contribution in [3.63, 3.8) is 0 Å². The third-order valence-electron chi connectivity index (χ3n) is 4.04. The van der Waals surface area contributed by atoms with Crippen molar-refractivity contribution in [1.29, 1.82) is 0 Å². The van der Waals surface area contributed by atoms with Crippen molar-refractivity contribution in [2.45, 2.75) is 50.9 Å². The fourth-order valence-electron chi connectivity index (χ4n) is 2.87. The van der Waals surface area contributed by atoms with Gasteiger partial charge < -0.3 is 23.8 Å².